The first-order chi connectivity index (χ1) is 15.9. The van der Waals surface area contributed by atoms with Crippen molar-refractivity contribution in [3.8, 4) is 0 Å². The molecule has 11 nitrogen and oxygen atoms in total. The van der Waals surface area contributed by atoms with Crippen molar-refractivity contribution in [2.45, 2.75) is 11.8 Å². The van der Waals surface area contributed by atoms with Crippen molar-refractivity contribution in [1.29, 1.82) is 0 Å². The van der Waals surface area contributed by atoms with Crippen molar-refractivity contribution in [3.63, 3.8) is 0 Å². The number of H-pyrrole nitrogens is 1. The third-order valence-corrected chi connectivity index (χ3v) is 7.30. The maximum absolute atomic E-state index is 13.1. The molecule has 170 valence electrons. The number of nitrogens with zero attached hydrogens (tertiary/aromatic N) is 5. The molecule has 3 aromatic heterocycles. The van der Waals surface area contributed by atoms with Gasteiger partial charge in [0.1, 0.15) is 5.82 Å². The molecule has 0 unspecified atom stereocenters. The number of aryl methyl sites for hydroxylation is 1. The summed E-state index contributed by atoms with van der Waals surface area (Å²) in [6.45, 7) is 3.53. The number of hydrogen-bond donors (Lipinski definition) is 2. The molecular formula is C21H21N7O4S. The van der Waals surface area contributed by atoms with Gasteiger partial charge >= 0.3 is 5.76 Å². The molecule has 1 aliphatic heterocycles. The largest absolute Gasteiger partial charge is 0.417 e. The van der Waals surface area contributed by atoms with Crippen LogP contribution in [0.4, 0.5) is 17.5 Å². The van der Waals surface area contributed by atoms with Gasteiger partial charge in [0.25, 0.3) is 0 Å². The van der Waals surface area contributed by atoms with Crippen LogP contribution in [0.25, 0.3) is 11.1 Å². The molecule has 12 heteroatoms. The quantitative estimate of drug-likeness (QED) is 0.450. The number of rotatable bonds is 5. The van der Waals surface area contributed by atoms with Gasteiger partial charge in [-0.1, -0.05) is 6.07 Å². The van der Waals surface area contributed by atoms with Crippen LogP contribution in [0, 0.1) is 6.92 Å². The molecule has 1 fully saturated rings. The minimum absolute atomic E-state index is 0.112. The lowest BCUT2D eigenvalue weighted by molar-refractivity contribution is 0.383. The Bertz CT molecular complexity index is 1440. The van der Waals surface area contributed by atoms with Crippen molar-refractivity contribution in [1.82, 2.24) is 24.5 Å². The van der Waals surface area contributed by atoms with E-state index in [-0.39, 0.29) is 4.90 Å². The van der Waals surface area contributed by atoms with Gasteiger partial charge in [0.2, 0.25) is 10.0 Å². The second-order valence-electron chi connectivity index (χ2n) is 7.69. The minimum atomic E-state index is -3.70. The standard InChI is InChI=1S/C21H21N7O4S/c1-14-2-5-18(22-13-14)24-19-6-7-20(26-25-19)27-8-10-28(11-9-27)33(30,31)15-3-4-17-16(12-15)23-21(29)32-17/h2-7,12-13H,8-11H2,1H3,(H,23,29)(H,22,24,25). The lowest BCUT2D eigenvalue weighted by atomic mass is 10.3. The highest BCUT2D eigenvalue weighted by Gasteiger charge is 2.29. The summed E-state index contributed by atoms with van der Waals surface area (Å²) in [6.07, 6.45) is 1.77. The van der Waals surface area contributed by atoms with Crippen LogP contribution in [-0.4, -0.2) is 59.1 Å². The summed E-state index contributed by atoms with van der Waals surface area (Å²) >= 11 is 0. The minimum Gasteiger partial charge on any atom is -0.408 e. The fourth-order valence-electron chi connectivity index (χ4n) is 3.63. The molecule has 0 atom stereocenters. The highest BCUT2D eigenvalue weighted by molar-refractivity contribution is 7.89. The number of hydrogen-bond acceptors (Lipinski definition) is 9. The molecule has 4 aromatic rings. The van der Waals surface area contributed by atoms with E-state index in [0.717, 1.165) is 5.56 Å². The van der Waals surface area contributed by atoms with Crippen LogP contribution in [0.1, 0.15) is 5.56 Å². The van der Waals surface area contributed by atoms with Crippen LogP contribution in [0.5, 0.6) is 0 Å². The van der Waals surface area contributed by atoms with Gasteiger partial charge in [-0.25, -0.2) is 18.2 Å². The van der Waals surface area contributed by atoms with E-state index in [2.05, 4.69) is 25.5 Å². The van der Waals surface area contributed by atoms with Crippen LogP contribution in [-0.2, 0) is 10.0 Å². The van der Waals surface area contributed by atoms with E-state index in [1.54, 1.807) is 6.20 Å². The van der Waals surface area contributed by atoms with Crippen LogP contribution < -0.4 is 16.0 Å². The number of oxazole rings is 1. The fraction of sp³-hybridized carbons (Fsp3) is 0.238. The lowest BCUT2D eigenvalue weighted by Crippen LogP contribution is -2.49. The average Bonchev–Trinajstić information content (AvgIpc) is 3.20. The van der Waals surface area contributed by atoms with Crippen LogP contribution in [0.15, 0.2) is 62.8 Å². The van der Waals surface area contributed by atoms with Gasteiger partial charge in [-0.3, -0.25) is 4.98 Å². The van der Waals surface area contributed by atoms with Crippen LogP contribution in [0.2, 0.25) is 0 Å². The van der Waals surface area contributed by atoms with Crippen molar-refractivity contribution in [2.75, 3.05) is 36.4 Å². The van der Waals surface area contributed by atoms with E-state index >= 15 is 0 Å². The van der Waals surface area contributed by atoms with E-state index < -0.39 is 15.8 Å². The number of fused-ring (bicyclic) bond motifs is 1. The molecule has 0 spiro atoms. The Morgan fingerprint density at radius 1 is 1.00 bits per heavy atom. The predicted molar refractivity (Wildman–Crippen MR) is 122 cm³/mol. The first-order valence-electron chi connectivity index (χ1n) is 10.3. The van der Waals surface area contributed by atoms with Crippen LogP contribution >= 0.6 is 0 Å². The first kappa shape index (κ1) is 21.1. The Morgan fingerprint density at radius 2 is 1.79 bits per heavy atom. The van der Waals surface area contributed by atoms with E-state index in [1.807, 2.05) is 36.1 Å². The number of nitrogens with one attached hydrogen (secondary N) is 2. The van der Waals surface area contributed by atoms with Gasteiger partial charge in [0.05, 0.1) is 10.4 Å². The molecule has 0 radical (unpaired) electrons. The first-order valence-corrected chi connectivity index (χ1v) is 11.7. The number of anilines is 3. The van der Waals surface area contributed by atoms with E-state index in [0.29, 0.717) is 54.7 Å². The Labute approximate surface area is 189 Å². The number of sulfonamides is 1. The fourth-order valence-corrected chi connectivity index (χ4v) is 5.08. The zero-order chi connectivity index (χ0) is 23.0. The Morgan fingerprint density at radius 3 is 2.48 bits per heavy atom. The van der Waals surface area contributed by atoms with Gasteiger partial charge in [-0.15, -0.1) is 10.2 Å². The highest BCUT2D eigenvalue weighted by Crippen LogP contribution is 2.23. The number of aromatic amines is 1. The van der Waals surface area contributed by atoms with Gasteiger partial charge in [0.15, 0.2) is 17.2 Å². The summed E-state index contributed by atoms with van der Waals surface area (Å²) in [5, 5.41) is 11.6. The molecule has 5 rings (SSSR count). The third-order valence-electron chi connectivity index (χ3n) is 5.41. The Balaban J connectivity index is 1.24. The number of aromatic nitrogens is 4. The predicted octanol–water partition coefficient (Wildman–Crippen LogP) is 1.87. The van der Waals surface area contributed by atoms with Gasteiger partial charge in [0, 0.05) is 32.4 Å². The molecule has 1 aliphatic rings. The Kier molecular flexibility index (Phi) is 5.30. The molecule has 0 aliphatic carbocycles. The molecule has 0 saturated carbocycles. The van der Waals surface area contributed by atoms with E-state index in [4.69, 9.17) is 4.42 Å². The summed E-state index contributed by atoms with van der Waals surface area (Å²) in [4.78, 5) is 20.2. The summed E-state index contributed by atoms with van der Waals surface area (Å²) in [5.74, 6) is 1.31. The summed E-state index contributed by atoms with van der Waals surface area (Å²) in [5.41, 5.74) is 1.74. The topological polar surface area (TPSA) is 137 Å². The number of pyridine rings is 1. The van der Waals surface area contributed by atoms with Gasteiger partial charge in [-0.2, -0.15) is 4.31 Å². The van der Waals surface area contributed by atoms with E-state index in [9.17, 15) is 13.2 Å². The molecule has 2 N–H and O–H groups in total. The maximum atomic E-state index is 13.1. The lowest BCUT2D eigenvalue weighted by Gasteiger charge is -2.34. The Hall–Kier alpha value is -3.77. The van der Waals surface area contributed by atoms with E-state index in [1.165, 1.54) is 22.5 Å². The number of benzene rings is 1. The molecule has 33 heavy (non-hydrogen) atoms. The maximum Gasteiger partial charge on any atom is 0.417 e. The normalized spacial score (nSPS) is 15.1. The molecule has 4 heterocycles. The summed E-state index contributed by atoms with van der Waals surface area (Å²) in [7, 11) is -3.70. The summed E-state index contributed by atoms with van der Waals surface area (Å²) < 4.78 is 32.5. The monoisotopic (exact) mass is 467 g/mol. The smallest absolute Gasteiger partial charge is 0.408 e. The van der Waals surface area contributed by atoms with Gasteiger partial charge < -0.3 is 14.6 Å². The van der Waals surface area contributed by atoms with Gasteiger partial charge in [-0.05, 0) is 48.9 Å². The zero-order valence-corrected chi connectivity index (χ0v) is 18.5. The summed E-state index contributed by atoms with van der Waals surface area (Å²) in [6, 6.07) is 11.8. The van der Waals surface area contributed by atoms with Crippen molar-refractivity contribution in [2.24, 2.45) is 0 Å². The van der Waals surface area contributed by atoms with Crippen LogP contribution in [0.3, 0.4) is 0 Å². The average molecular weight is 468 g/mol. The second-order valence-corrected chi connectivity index (χ2v) is 9.62. The van der Waals surface area contributed by atoms with Crippen molar-refractivity contribution >= 4 is 38.6 Å². The molecule has 1 aromatic carbocycles. The molecule has 0 bridgehead atoms. The number of piperazine rings is 1. The SMILES string of the molecule is Cc1ccc(Nc2ccc(N3CCN(S(=O)(=O)c4ccc5oc(=O)[nH]c5c4)CC3)nn2)nc1. The third kappa shape index (κ3) is 4.30. The molecule has 0 amide bonds. The zero-order valence-electron chi connectivity index (χ0n) is 17.7. The molecular weight excluding hydrogens is 446 g/mol. The highest BCUT2D eigenvalue weighted by atomic mass is 32.2. The van der Waals surface area contributed by atoms with Crippen molar-refractivity contribution < 1.29 is 12.8 Å². The second kappa shape index (κ2) is 8.30. The molecule has 1 saturated heterocycles. The van der Waals surface area contributed by atoms with Crippen molar-refractivity contribution in [3.05, 3.63) is 64.8 Å².